The number of hydrogen-bond donors (Lipinski definition) is 2. The standard InChI is InChI=1S/C17H20N6O/c1-23-16-12(10-19-23)15(18)21-17(22-16)20-14(13-8-5-9-24-13)11-6-3-2-4-7-11/h2-4,6-7,10,13-14H,5,8-9H2,1H3,(H3,18,20,21,22). The molecule has 1 aliphatic rings. The van der Waals surface area contributed by atoms with Crippen molar-refractivity contribution < 1.29 is 4.74 Å². The van der Waals surface area contributed by atoms with Crippen LogP contribution in [0.2, 0.25) is 0 Å². The summed E-state index contributed by atoms with van der Waals surface area (Å²) in [6, 6.07) is 10.2. The van der Waals surface area contributed by atoms with Crippen molar-refractivity contribution in [2.45, 2.75) is 25.0 Å². The second-order valence-electron chi connectivity index (χ2n) is 6.02. The third kappa shape index (κ3) is 2.67. The molecule has 0 bridgehead atoms. The Kier molecular flexibility index (Phi) is 3.78. The van der Waals surface area contributed by atoms with Crippen LogP contribution in [-0.2, 0) is 11.8 Å². The Morgan fingerprint density at radius 3 is 2.88 bits per heavy atom. The van der Waals surface area contributed by atoms with E-state index in [1.54, 1.807) is 10.9 Å². The van der Waals surface area contributed by atoms with E-state index in [0.717, 1.165) is 30.4 Å². The van der Waals surface area contributed by atoms with Gasteiger partial charge in [-0.15, -0.1) is 0 Å². The van der Waals surface area contributed by atoms with Gasteiger partial charge < -0.3 is 15.8 Å². The molecule has 7 heteroatoms. The maximum Gasteiger partial charge on any atom is 0.227 e. The van der Waals surface area contributed by atoms with E-state index in [4.69, 9.17) is 10.5 Å². The highest BCUT2D eigenvalue weighted by molar-refractivity contribution is 5.86. The maximum atomic E-state index is 6.06. The van der Waals surface area contributed by atoms with Gasteiger partial charge >= 0.3 is 0 Å². The van der Waals surface area contributed by atoms with Gasteiger partial charge in [0, 0.05) is 13.7 Å². The molecule has 3 N–H and O–H groups in total. The maximum absolute atomic E-state index is 6.06. The number of fused-ring (bicyclic) bond motifs is 1. The zero-order valence-electron chi connectivity index (χ0n) is 13.5. The van der Waals surface area contributed by atoms with E-state index in [0.29, 0.717) is 17.4 Å². The summed E-state index contributed by atoms with van der Waals surface area (Å²) in [6.07, 6.45) is 3.86. The topological polar surface area (TPSA) is 90.9 Å². The highest BCUT2D eigenvalue weighted by atomic mass is 16.5. The lowest BCUT2D eigenvalue weighted by atomic mass is 9.99. The van der Waals surface area contributed by atoms with Crippen molar-refractivity contribution in [2.24, 2.45) is 7.05 Å². The number of nitrogens with one attached hydrogen (secondary N) is 1. The van der Waals surface area contributed by atoms with Gasteiger partial charge in [-0.3, -0.25) is 4.68 Å². The Morgan fingerprint density at radius 1 is 1.29 bits per heavy atom. The fraction of sp³-hybridized carbons (Fsp3) is 0.353. The van der Waals surface area contributed by atoms with Crippen LogP contribution >= 0.6 is 0 Å². The predicted molar refractivity (Wildman–Crippen MR) is 92.5 cm³/mol. The largest absolute Gasteiger partial charge is 0.383 e. The minimum atomic E-state index is -0.0150. The monoisotopic (exact) mass is 324 g/mol. The number of aromatic nitrogens is 4. The molecule has 24 heavy (non-hydrogen) atoms. The Bertz CT molecular complexity index is 841. The molecule has 0 aliphatic carbocycles. The van der Waals surface area contributed by atoms with E-state index in [1.165, 1.54) is 0 Å². The van der Waals surface area contributed by atoms with Gasteiger partial charge in [0.15, 0.2) is 5.65 Å². The zero-order chi connectivity index (χ0) is 16.5. The molecule has 0 spiro atoms. The van der Waals surface area contributed by atoms with Gasteiger partial charge in [0.1, 0.15) is 5.82 Å². The van der Waals surface area contributed by atoms with Crippen LogP contribution in [0.5, 0.6) is 0 Å². The van der Waals surface area contributed by atoms with Crippen molar-refractivity contribution >= 4 is 22.8 Å². The lowest BCUT2D eigenvalue weighted by Gasteiger charge is -2.24. The minimum absolute atomic E-state index is 0.0150. The average molecular weight is 324 g/mol. The van der Waals surface area contributed by atoms with E-state index in [2.05, 4.69) is 32.5 Å². The zero-order valence-corrected chi connectivity index (χ0v) is 13.5. The molecule has 1 aromatic carbocycles. The van der Waals surface area contributed by atoms with Crippen LogP contribution in [0.15, 0.2) is 36.5 Å². The number of nitrogen functional groups attached to an aromatic ring is 1. The first-order valence-corrected chi connectivity index (χ1v) is 8.10. The molecule has 0 saturated carbocycles. The van der Waals surface area contributed by atoms with Gasteiger partial charge in [0.05, 0.1) is 23.7 Å². The molecule has 2 atom stereocenters. The van der Waals surface area contributed by atoms with Crippen molar-refractivity contribution in [1.29, 1.82) is 0 Å². The van der Waals surface area contributed by atoms with Crippen molar-refractivity contribution in [1.82, 2.24) is 19.7 Å². The molecule has 3 aromatic rings. The number of rotatable bonds is 4. The van der Waals surface area contributed by atoms with Crippen LogP contribution in [0.1, 0.15) is 24.4 Å². The number of anilines is 2. The number of hydrogen-bond acceptors (Lipinski definition) is 6. The van der Waals surface area contributed by atoms with E-state index >= 15 is 0 Å². The molecule has 1 fully saturated rings. The Hall–Kier alpha value is -2.67. The molecular weight excluding hydrogens is 304 g/mol. The summed E-state index contributed by atoms with van der Waals surface area (Å²) in [5, 5.41) is 8.37. The first-order chi connectivity index (χ1) is 11.7. The molecule has 1 saturated heterocycles. The first kappa shape index (κ1) is 14.9. The van der Waals surface area contributed by atoms with Gasteiger partial charge in [-0.25, -0.2) is 0 Å². The number of benzene rings is 1. The first-order valence-electron chi connectivity index (χ1n) is 8.10. The van der Waals surface area contributed by atoms with E-state index in [9.17, 15) is 0 Å². The molecule has 2 aromatic heterocycles. The molecule has 4 rings (SSSR count). The second kappa shape index (κ2) is 6.09. The summed E-state index contributed by atoms with van der Waals surface area (Å²) in [7, 11) is 1.84. The summed E-state index contributed by atoms with van der Waals surface area (Å²) in [4.78, 5) is 8.97. The molecule has 0 amide bonds. The fourth-order valence-corrected chi connectivity index (χ4v) is 3.16. The van der Waals surface area contributed by atoms with Gasteiger partial charge in [-0.1, -0.05) is 30.3 Å². The fourth-order valence-electron chi connectivity index (χ4n) is 3.16. The molecule has 124 valence electrons. The molecule has 3 heterocycles. The van der Waals surface area contributed by atoms with Crippen LogP contribution in [0.25, 0.3) is 11.0 Å². The van der Waals surface area contributed by atoms with Crippen LogP contribution in [-0.4, -0.2) is 32.5 Å². The molecular formula is C17H20N6O. The molecule has 0 radical (unpaired) electrons. The smallest absolute Gasteiger partial charge is 0.227 e. The van der Waals surface area contributed by atoms with Gasteiger partial charge in [-0.2, -0.15) is 15.1 Å². The Balaban J connectivity index is 1.70. The van der Waals surface area contributed by atoms with Crippen LogP contribution in [0, 0.1) is 0 Å². The number of nitrogens with zero attached hydrogens (tertiary/aromatic N) is 4. The van der Waals surface area contributed by atoms with Crippen LogP contribution in [0.4, 0.5) is 11.8 Å². The highest BCUT2D eigenvalue weighted by Crippen LogP contribution is 2.30. The Morgan fingerprint density at radius 2 is 2.12 bits per heavy atom. The van der Waals surface area contributed by atoms with E-state index in [-0.39, 0.29) is 12.1 Å². The summed E-state index contributed by atoms with van der Waals surface area (Å²) < 4.78 is 7.60. The number of aryl methyl sites for hydroxylation is 1. The Labute approximate surface area is 139 Å². The number of ether oxygens (including phenoxy) is 1. The molecule has 2 unspecified atom stereocenters. The lowest BCUT2D eigenvalue weighted by molar-refractivity contribution is 0.0952. The summed E-state index contributed by atoms with van der Waals surface area (Å²) >= 11 is 0. The van der Waals surface area contributed by atoms with Gasteiger partial charge in [0.2, 0.25) is 5.95 Å². The normalized spacial score (nSPS) is 18.8. The van der Waals surface area contributed by atoms with Crippen molar-refractivity contribution in [3.05, 3.63) is 42.1 Å². The SMILES string of the molecule is Cn1ncc2c(N)nc(NC(c3ccccc3)C3CCCO3)nc21. The molecule has 1 aliphatic heterocycles. The number of nitrogens with two attached hydrogens (primary N) is 1. The predicted octanol–water partition coefficient (Wildman–Crippen LogP) is 2.28. The second-order valence-corrected chi connectivity index (χ2v) is 6.02. The molecule has 7 nitrogen and oxygen atoms in total. The summed E-state index contributed by atoms with van der Waals surface area (Å²) in [5.74, 6) is 0.919. The van der Waals surface area contributed by atoms with E-state index < -0.39 is 0 Å². The van der Waals surface area contributed by atoms with Crippen LogP contribution < -0.4 is 11.1 Å². The van der Waals surface area contributed by atoms with Gasteiger partial charge in [0.25, 0.3) is 0 Å². The quantitative estimate of drug-likeness (QED) is 0.765. The third-order valence-electron chi connectivity index (χ3n) is 4.40. The van der Waals surface area contributed by atoms with Crippen molar-refractivity contribution in [2.75, 3.05) is 17.7 Å². The third-order valence-corrected chi connectivity index (χ3v) is 4.40. The lowest BCUT2D eigenvalue weighted by Crippen LogP contribution is -2.26. The average Bonchev–Trinajstić information content (AvgIpc) is 3.24. The van der Waals surface area contributed by atoms with Gasteiger partial charge in [-0.05, 0) is 18.4 Å². The summed E-state index contributed by atoms with van der Waals surface area (Å²) in [6.45, 7) is 0.791. The minimum Gasteiger partial charge on any atom is -0.383 e. The van der Waals surface area contributed by atoms with Crippen LogP contribution in [0.3, 0.4) is 0 Å². The van der Waals surface area contributed by atoms with Crippen molar-refractivity contribution in [3.63, 3.8) is 0 Å². The summed E-state index contributed by atoms with van der Waals surface area (Å²) in [5.41, 5.74) is 7.92. The van der Waals surface area contributed by atoms with E-state index in [1.807, 2.05) is 25.2 Å². The van der Waals surface area contributed by atoms with Crippen molar-refractivity contribution in [3.8, 4) is 0 Å². The highest BCUT2D eigenvalue weighted by Gasteiger charge is 2.28.